The average molecular weight is 110 g/mol. The molecule has 1 rings (SSSR count). The third-order valence-electron chi connectivity index (χ3n) is 1.03. The van der Waals surface area contributed by atoms with Crippen molar-refractivity contribution >= 4 is 0 Å². The lowest BCUT2D eigenvalue weighted by Crippen LogP contribution is -1.78. The molecule has 1 nitrogen and oxygen atoms in total. The number of methoxy groups -OCH3 is 1. The van der Waals surface area contributed by atoms with Crippen LogP contribution in [-0.2, 0) is 4.74 Å². The Hall–Kier alpha value is -0.560. The van der Waals surface area contributed by atoms with Gasteiger partial charge in [-0.05, 0) is 12.0 Å². The van der Waals surface area contributed by atoms with Gasteiger partial charge in [0.25, 0.3) is 0 Å². The lowest BCUT2D eigenvalue weighted by molar-refractivity contribution is 0.234. The summed E-state index contributed by atoms with van der Waals surface area (Å²) in [5, 5.41) is 0. The van der Waals surface area contributed by atoms with Gasteiger partial charge in [-0.25, -0.2) is 0 Å². The molecule has 8 heavy (non-hydrogen) atoms. The Labute approximate surface area is 49.7 Å². The summed E-state index contributed by atoms with van der Waals surface area (Å²) in [5.41, 5.74) is 1.43. The Bertz CT molecular complexity index is 122. The molecule has 0 atom stereocenters. The summed E-state index contributed by atoms with van der Waals surface area (Å²) in [5.74, 6) is 0. The zero-order valence-electron chi connectivity index (χ0n) is 5.05. The minimum Gasteiger partial charge on any atom is -0.381 e. The van der Waals surface area contributed by atoms with E-state index in [1.54, 1.807) is 7.11 Å². The minimum atomic E-state index is 0.733. The van der Waals surface area contributed by atoms with Gasteiger partial charge in [-0.1, -0.05) is 18.2 Å². The summed E-state index contributed by atoms with van der Waals surface area (Å²) in [6, 6.07) is 0. The molecule has 0 heterocycles. The van der Waals surface area contributed by atoms with Crippen LogP contribution >= 0.6 is 0 Å². The quantitative estimate of drug-likeness (QED) is 0.535. The summed E-state index contributed by atoms with van der Waals surface area (Å²) in [7, 11) is 1.70. The lowest BCUT2D eigenvalue weighted by Gasteiger charge is -1.83. The van der Waals surface area contributed by atoms with Crippen LogP contribution in [0.2, 0.25) is 0 Å². The number of hydrogen-bond donors (Lipinski definition) is 0. The molecule has 1 aliphatic carbocycles. The molecule has 0 aromatic heterocycles. The number of rotatable bonds is 3. The number of ether oxygens (including phenoxy) is 1. The highest BCUT2D eigenvalue weighted by Crippen LogP contribution is 2.18. The van der Waals surface area contributed by atoms with Crippen molar-refractivity contribution in [2.24, 2.45) is 0 Å². The van der Waals surface area contributed by atoms with Crippen molar-refractivity contribution in [1.82, 2.24) is 0 Å². The fourth-order valence-electron chi connectivity index (χ4n) is 0.491. The second kappa shape index (κ2) is 2.68. The van der Waals surface area contributed by atoms with Crippen LogP contribution in [0.4, 0.5) is 0 Å². The average Bonchev–Trinajstić information content (AvgIpc) is 2.51. The van der Waals surface area contributed by atoms with E-state index in [0.717, 1.165) is 6.61 Å². The van der Waals surface area contributed by atoms with E-state index in [0.29, 0.717) is 0 Å². The first-order valence-corrected chi connectivity index (χ1v) is 2.78. The molecule has 0 radical (unpaired) electrons. The maximum Gasteiger partial charge on any atom is 0.0646 e. The number of hydrogen-bond acceptors (Lipinski definition) is 1. The van der Waals surface area contributed by atoms with Crippen molar-refractivity contribution in [2.75, 3.05) is 13.7 Å². The van der Waals surface area contributed by atoms with Crippen LogP contribution in [0, 0.1) is 0 Å². The second-order valence-electron chi connectivity index (χ2n) is 1.84. The standard InChI is InChI=1S/C7H10O/c1-8-6-2-3-7-4-5-7/h2-4H,5-6H2,1H3. The minimum absolute atomic E-state index is 0.733. The van der Waals surface area contributed by atoms with Crippen LogP contribution in [0.15, 0.2) is 23.8 Å². The Morgan fingerprint density at radius 3 is 3.12 bits per heavy atom. The topological polar surface area (TPSA) is 9.23 Å². The first kappa shape index (κ1) is 5.57. The maximum absolute atomic E-state index is 4.81. The van der Waals surface area contributed by atoms with Gasteiger partial charge in [0, 0.05) is 7.11 Å². The highest BCUT2D eigenvalue weighted by Gasteiger charge is 1.99. The predicted molar refractivity (Wildman–Crippen MR) is 33.7 cm³/mol. The van der Waals surface area contributed by atoms with Gasteiger partial charge in [-0.15, -0.1) is 0 Å². The first-order valence-electron chi connectivity index (χ1n) is 2.78. The predicted octanol–water partition coefficient (Wildman–Crippen LogP) is 1.52. The molecule has 0 saturated heterocycles. The summed E-state index contributed by atoms with van der Waals surface area (Å²) in [6.45, 7) is 0.733. The van der Waals surface area contributed by atoms with E-state index >= 15 is 0 Å². The second-order valence-corrected chi connectivity index (χ2v) is 1.84. The van der Waals surface area contributed by atoms with Crippen molar-refractivity contribution in [3.05, 3.63) is 23.8 Å². The molecular formula is C7H10O. The smallest absolute Gasteiger partial charge is 0.0646 e. The van der Waals surface area contributed by atoms with E-state index in [-0.39, 0.29) is 0 Å². The van der Waals surface area contributed by atoms with Gasteiger partial charge >= 0.3 is 0 Å². The Morgan fingerprint density at radius 2 is 2.62 bits per heavy atom. The van der Waals surface area contributed by atoms with E-state index in [2.05, 4.69) is 12.2 Å². The van der Waals surface area contributed by atoms with Crippen LogP contribution in [0.5, 0.6) is 0 Å². The summed E-state index contributed by atoms with van der Waals surface area (Å²) >= 11 is 0. The fraction of sp³-hybridized carbons (Fsp3) is 0.429. The maximum atomic E-state index is 4.81. The summed E-state index contributed by atoms with van der Waals surface area (Å²) < 4.78 is 4.81. The molecule has 0 fully saturated rings. The van der Waals surface area contributed by atoms with Crippen LogP contribution < -0.4 is 0 Å². The van der Waals surface area contributed by atoms with Gasteiger partial charge in [0.15, 0.2) is 0 Å². The molecule has 1 aliphatic rings. The van der Waals surface area contributed by atoms with Crippen molar-refractivity contribution in [1.29, 1.82) is 0 Å². The zero-order chi connectivity index (χ0) is 5.82. The monoisotopic (exact) mass is 110 g/mol. The largest absolute Gasteiger partial charge is 0.381 e. The van der Waals surface area contributed by atoms with Gasteiger partial charge in [0.2, 0.25) is 0 Å². The van der Waals surface area contributed by atoms with Crippen molar-refractivity contribution < 1.29 is 4.74 Å². The Kier molecular flexibility index (Phi) is 1.86. The molecule has 0 amide bonds. The normalized spacial score (nSPS) is 16.9. The molecule has 44 valence electrons. The molecule has 1 heteroatoms. The SMILES string of the molecule is COCC=CC1=CC1. The summed E-state index contributed by atoms with van der Waals surface area (Å²) in [6.07, 6.45) is 7.49. The molecular weight excluding hydrogens is 100 g/mol. The van der Waals surface area contributed by atoms with Gasteiger partial charge in [-0.3, -0.25) is 0 Å². The summed E-state index contributed by atoms with van der Waals surface area (Å²) in [4.78, 5) is 0. The van der Waals surface area contributed by atoms with E-state index in [9.17, 15) is 0 Å². The molecule has 0 spiro atoms. The fourth-order valence-corrected chi connectivity index (χ4v) is 0.491. The van der Waals surface area contributed by atoms with Gasteiger partial charge in [0.1, 0.15) is 0 Å². The highest BCUT2D eigenvalue weighted by molar-refractivity contribution is 5.33. The van der Waals surface area contributed by atoms with E-state index < -0.39 is 0 Å². The molecule has 0 aliphatic heterocycles. The molecule has 0 aromatic rings. The van der Waals surface area contributed by atoms with Gasteiger partial charge in [-0.2, -0.15) is 0 Å². The van der Waals surface area contributed by atoms with Gasteiger partial charge < -0.3 is 4.74 Å². The third kappa shape index (κ3) is 1.94. The third-order valence-corrected chi connectivity index (χ3v) is 1.03. The van der Waals surface area contributed by atoms with Gasteiger partial charge in [0.05, 0.1) is 6.61 Å². The Balaban J connectivity index is 2.05. The van der Waals surface area contributed by atoms with Crippen molar-refractivity contribution in [2.45, 2.75) is 6.42 Å². The van der Waals surface area contributed by atoms with Crippen LogP contribution in [0.1, 0.15) is 6.42 Å². The van der Waals surface area contributed by atoms with E-state index in [4.69, 9.17) is 4.74 Å². The molecule has 0 aromatic carbocycles. The molecule has 0 N–H and O–H groups in total. The van der Waals surface area contributed by atoms with Crippen molar-refractivity contribution in [3.63, 3.8) is 0 Å². The van der Waals surface area contributed by atoms with E-state index in [1.165, 1.54) is 12.0 Å². The van der Waals surface area contributed by atoms with Crippen molar-refractivity contribution in [3.8, 4) is 0 Å². The Morgan fingerprint density at radius 1 is 1.88 bits per heavy atom. The molecule has 0 saturated carbocycles. The zero-order valence-corrected chi connectivity index (χ0v) is 5.05. The first-order chi connectivity index (χ1) is 3.93. The molecule has 0 bridgehead atoms. The van der Waals surface area contributed by atoms with Crippen LogP contribution in [0.3, 0.4) is 0 Å². The van der Waals surface area contributed by atoms with Crippen LogP contribution in [0.25, 0.3) is 0 Å². The number of allylic oxidation sites excluding steroid dienone is 3. The highest BCUT2D eigenvalue weighted by atomic mass is 16.5. The lowest BCUT2D eigenvalue weighted by atomic mass is 10.4. The molecule has 0 unspecified atom stereocenters. The van der Waals surface area contributed by atoms with Crippen LogP contribution in [-0.4, -0.2) is 13.7 Å². The van der Waals surface area contributed by atoms with E-state index in [1.807, 2.05) is 6.08 Å².